The van der Waals surface area contributed by atoms with Crippen LogP contribution < -0.4 is 5.32 Å². The number of anilines is 1. The minimum Gasteiger partial charge on any atom is -0.383 e. The summed E-state index contributed by atoms with van der Waals surface area (Å²) in [4.78, 5) is 4.27. The summed E-state index contributed by atoms with van der Waals surface area (Å²) in [7, 11) is 0. The van der Waals surface area contributed by atoms with E-state index in [0.717, 1.165) is 30.4 Å². The van der Waals surface area contributed by atoms with Crippen LogP contribution in [0.3, 0.4) is 0 Å². The van der Waals surface area contributed by atoms with Gasteiger partial charge in [-0.05, 0) is 32.9 Å². The Morgan fingerprint density at radius 3 is 2.41 bits per heavy atom. The van der Waals surface area contributed by atoms with Crippen LogP contribution in [0.2, 0.25) is 0 Å². The normalized spacial score (nSPS) is 10.5. The molecule has 0 bridgehead atoms. The zero-order chi connectivity index (χ0) is 12.3. The van der Waals surface area contributed by atoms with Crippen molar-refractivity contribution >= 4 is 5.69 Å². The minimum atomic E-state index is 0.831. The van der Waals surface area contributed by atoms with Crippen molar-refractivity contribution in [1.29, 1.82) is 0 Å². The van der Waals surface area contributed by atoms with E-state index in [4.69, 9.17) is 0 Å². The predicted octanol–water partition coefficient (Wildman–Crippen LogP) is 2.32. The lowest BCUT2D eigenvalue weighted by Crippen LogP contribution is -2.12. The smallest absolute Gasteiger partial charge is 0.147 e. The third-order valence-corrected chi connectivity index (χ3v) is 2.67. The van der Waals surface area contributed by atoms with Crippen molar-refractivity contribution < 1.29 is 0 Å². The van der Waals surface area contributed by atoms with E-state index in [0.29, 0.717) is 0 Å². The van der Waals surface area contributed by atoms with Crippen molar-refractivity contribution in [3.05, 3.63) is 41.5 Å². The van der Waals surface area contributed by atoms with Crippen LogP contribution in [0.15, 0.2) is 24.3 Å². The Labute approximate surface area is 102 Å². The van der Waals surface area contributed by atoms with Crippen LogP contribution in [0.5, 0.6) is 0 Å². The van der Waals surface area contributed by atoms with Crippen LogP contribution in [-0.4, -0.2) is 21.3 Å². The van der Waals surface area contributed by atoms with Gasteiger partial charge in [-0.1, -0.05) is 17.7 Å². The number of aryl methyl sites for hydroxylation is 3. The van der Waals surface area contributed by atoms with Gasteiger partial charge < -0.3 is 5.32 Å². The van der Waals surface area contributed by atoms with E-state index in [1.54, 1.807) is 0 Å². The van der Waals surface area contributed by atoms with Crippen molar-refractivity contribution in [3.63, 3.8) is 0 Å². The third-order valence-electron chi connectivity index (χ3n) is 2.67. The summed E-state index contributed by atoms with van der Waals surface area (Å²) < 4.78 is 1.93. The molecule has 1 aromatic heterocycles. The minimum absolute atomic E-state index is 0.831. The molecule has 0 aliphatic rings. The van der Waals surface area contributed by atoms with E-state index < -0.39 is 0 Å². The molecule has 0 spiro atoms. The predicted molar refractivity (Wildman–Crippen MR) is 69.2 cm³/mol. The van der Waals surface area contributed by atoms with Crippen LogP contribution in [0.25, 0.3) is 0 Å². The van der Waals surface area contributed by atoms with Crippen LogP contribution in [-0.2, 0) is 6.54 Å². The fourth-order valence-corrected chi connectivity index (χ4v) is 1.75. The first-order valence-corrected chi connectivity index (χ1v) is 5.84. The Bertz CT molecular complexity index is 485. The molecule has 1 heterocycles. The molecule has 1 N–H and O–H groups in total. The lowest BCUT2D eigenvalue weighted by atomic mass is 10.2. The Balaban J connectivity index is 1.87. The summed E-state index contributed by atoms with van der Waals surface area (Å²) in [5, 5.41) is 7.69. The standard InChI is InChI=1S/C13H18N4/c1-10-4-6-13(7-5-10)14-8-9-17-12(3)15-11(2)16-17/h4-7,14H,8-9H2,1-3H3. The second-order valence-corrected chi connectivity index (χ2v) is 4.22. The summed E-state index contributed by atoms with van der Waals surface area (Å²) in [6.07, 6.45) is 0. The van der Waals surface area contributed by atoms with Gasteiger partial charge in [0.1, 0.15) is 11.6 Å². The van der Waals surface area contributed by atoms with E-state index in [1.165, 1.54) is 5.56 Å². The first-order valence-electron chi connectivity index (χ1n) is 5.84. The molecule has 2 aromatic rings. The van der Waals surface area contributed by atoms with E-state index >= 15 is 0 Å². The Morgan fingerprint density at radius 1 is 1.12 bits per heavy atom. The maximum Gasteiger partial charge on any atom is 0.147 e. The molecule has 0 saturated heterocycles. The fraction of sp³-hybridized carbons (Fsp3) is 0.385. The summed E-state index contributed by atoms with van der Waals surface area (Å²) in [6, 6.07) is 8.39. The first kappa shape index (κ1) is 11.6. The molecule has 17 heavy (non-hydrogen) atoms. The van der Waals surface area contributed by atoms with Crippen molar-refractivity contribution in [3.8, 4) is 0 Å². The molecular weight excluding hydrogens is 212 g/mol. The molecular formula is C13H18N4. The molecule has 0 amide bonds. The second-order valence-electron chi connectivity index (χ2n) is 4.22. The SMILES string of the molecule is Cc1ccc(NCCn2nc(C)nc2C)cc1. The highest BCUT2D eigenvalue weighted by Crippen LogP contribution is 2.08. The van der Waals surface area contributed by atoms with E-state index in [-0.39, 0.29) is 0 Å². The van der Waals surface area contributed by atoms with Gasteiger partial charge in [-0.2, -0.15) is 5.10 Å². The van der Waals surface area contributed by atoms with Gasteiger partial charge in [-0.3, -0.25) is 0 Å². The summed E-state index contributed by atoms with van der Waals surface area (Å²) in [5.74, 6) is 1.80. The van der Waals surface area contributed by atoms with Gasteiger partial charge >= 0.3 is 0 Å². The number of rotatable bonds is 4. The monoisotopic (exact) mass is 230 g/mol. The number of hydrogen-bond donors (Lipinski definition) is 1. The summed E-state index contributed by atoms with van der Waals surface area (Å²) in [5.41, 5.74) is 2.42. The molecule has 0 atom stereocenters. The number of nitrogens with one attached hydrogen (secondary N) is 1. The Kier molecular flexibility index (Phi) is 3.42. The lowest BCUT2D eigenvalue weighted by molar-refractivity contribution is 0.612. The molecule has 4 heteroatoms. The van der Waals surface area contributed by atoms with Crippen LogP contribution in [0, 0.1) is 20.8 Å². The van der Waals surface area contributed by atoms with E-state index in [1.807, 2.05) is 18.5 Å². The average molecular weight is 230 g/mol. The topological polar surface area (TPSA) is 42.7 Å². The second kappa shape index (κ2) is 4.99. The van der Waals surface area contributed by atoms with Gasteiger partial charge in [-0.25, -0.2) is 9.67 Å². The first-order chi connectivity index (χ1) is 8.15. The number of benzene rings is 1. The molecule has 90 valence electrons. The fourth-order valence-electron chi connectivity index (χ4n) is 1.75. The van der Waals surface area contributed by atoms with Crippen LogP contribution in [0.4, 0.5) is 5.69 Å². The number of hydrogen-bond acceptors (Lipinski definition) is 3. The number of nitrogens with zero attached hydrogens (tertiary/aromatic N) is 3. The Hall–Kier alpha value is -1.84. The van der Waals surface area contributed by atoms with E-state index in [9.17, 15) is 0 Å². The quantitative estimate of drug-likeness (QED) is 0.876. The van der Waals surface area contributed by atoms with Crippen molar-refractivity contribution in [1.82, 2.24) is 14.8 Å². The highest BCUT2D eigenvalue weighted by atomic mass is 15.3. The largest absolute Gasteiger partial charge is 0.383 e. The zero-order valence-corrected chi connectivity index (χ0v) is 10.6. The molecule has 2 rings (SSSR count). The third kappa shape index (κ3) is 3.06. The number of aromatic nitrogens is 3. The van der Waals surface area contributed by atoms with Crippen molar-refractivity contribution in [2.75, 3.05) is 11.9 Å². The van der Waals surface area contributed by atoms with Gasteiger partial charge in [0, 0.05) is 12.2 Å². The molecule has 1 aromatic carbocycles. The summed E-state index contributed by atoms with van der Waals surface area (Å²) in [6.45, 7) is 7.67. The lowest BCUT2D eigenvalue weighted by Gasteiger charge is -2.07. The maximum atomic E-state index is 4.32. The van der Waals surface area contributed by atoms with Gasteiger partial charge in [0.2, 0.25) is 0 Å². The average Bonchev–Trinajstić information content (AvgIpc) is 2.60. The summed E-state index contributed by atoms with van der Waals surface area (Å²) >= 11 is 0. The van der Waals surface area contributed by atoms with Crippen molar-refractivity contribution in [2.45, 2.75) is 27.3 Å². The molecule has 4 nitrogen and oxygen atoms in total. The van der Waals surface area contributed by atoms with Gasteiger partial charge in [0.25, 0.3) is 0 Å². The van der Waals surface area contributed by atoms with Gasteiger partial charge in [0.15, 0.2) is 0 Å². The molecule has 0 saturated carbocycles. The molecule has 0 radical (unpaired) electrons. The molecule has 0 unspecified atom stereocenters. The highest BCUT2D eigenvalue weighted by molar-refractivity contribution is 5.44. The molecule has 0 aliphatic carbocycles. The van der Waals surface area contributed by atoms with E-state index in [2.05, 4.69) is 46.6 Å². The van der Waals surface area contributed by atoms with Crippen LogP contribution in [0.1, 0.15) is 17.2 Å². The highest BCUT2D eigenvalue weighted by Gasteiger charge is 2.01. The maximum absolute atomic E-state index is 4.32. The van der Waals surface area contributed by atoms with Crippen molar-refractivity contribution in [2.24, 2.45) is 0 Å². The zero-order valence-electron chi connectivity index (χ0n) is 10.6. The molecule has 0 aliphatic heterocycles. The van der Waals surface area contributed by atoms with Crippen LogP contribution >= 0.6 is 0 Å². The van der Waals surface area contributed by atoms with Gasteiger partial charge in [0.05, 0.1) is 6.54 Å². The van der Waals surface area contributed by atoms with Gasteiger partial charge in [-0.15, -0.1) is 0 Å². The molecule has 0 fully saturated rings. The Morgan fingerprint density at radius 2 is 1.82 bits per heavy atom.